The Labute approximate surface area is 228 Å². The van der Waals surface area contributed by atoms with Crippen molar-refractivity contribution in [3.63, 3.8) is 0 Å². The van der Waals surface area contributed by atoms with Gasteiger partial charge in [0.2, 0.25) is 0 Å². The number of hydrogen-bond acceptors (Lipinski definition) is 0. The van der Waals surface area contributed by atoms with E-state index in [1.807, 2.05) is 0 Å². The van der Waals surface area contributed by atoms with Gasteiger partial charge >= 0.3 is 79.7 Å². The van der Waals surface area contributed by atoms with Crippen LogP contribution in [0.4, 0.5) is 26.3 Å². The molecule has 9 heteroatoms. The number of alkyl halides is 6. The second kappa shape index (κ2) is 14.1. The van der Waals surface area contributed by atoms with Crippen molar-refractivity contribution >= 4 is 32.0 Å². The summed E-state index contributed by atoms with van der Waals surface area (Å²) in [5, 5.41) is 0. The van der Waals surface area contributed by atoms with Crippen LogP contribution in [0, 0.1) is 59.2 Å². The first-order valence-electron chi connectivity index (χ1n) is 9.79. The Kier molecular flexibility index (Phi) is 15.5. The zero-order valence-corrected chi connectivity index (χ0v) is 25.6. The molecule has 0 unspecified atom stereocenters. The summed E-state index contributed by atoms with van der Waals surface area (Å²) >= 11 is 2.65. The average Bonchev–Trinajstić information content (AvgIpc) is 2.96. The summed E-state index contributed by atoms with van der Waals surface area (Å²) in [5.74, 6) is 14.7. The molecule has 0 nitrogen and oxygen atoms in total. The first-order valence-corrected chi connectivity index (χ1v) is 11.5. The second-order valence-corrected chi connectivity index (χ2v) is 9.62. The van der Waals surface area contributed by atoms with Crippen molar-refractivity contribution in [2.24, 2.45) is 0 Å². The summed E-state index contributed by atoms with van der Waals surface area (Å²) < 4.78 is 66.2. The minimum Gasteiger partial charge on any atom is 0 e. The molecule has 2 saturated carbocycles. The van der Waals surface area contributed by atoms with Gasteiger partial charge in [-0.05, 0) is 59.2 Å². The standard InChI is InChI=1S/2C10H15.C4F6Se2.Ti/c2*1-6-7(2)9(4)10(5)8(6)3;5-3(6,7)1(11)2(12)4(8,9)10;/h2*1-5H3;;/b;;2-1-;. The van der Waals surface area contributed by atoms with Crippen LogP contribution in [0.25, 0.3) is 0 Å². The van der Waals surface area contributed by atoms with Gasteiger partial charge in [-0.15, -0.1) is 0 Å². The molecule has 0 aromatic carbocycles. The van der Waals surface area contributed by atoms with Crippen LogP contribution in [0.5, 0.6) is 0 Å². The molecule has 0 spiro atoms. The molecule has 0 saturated heterocycles. The predicted octanol–water partition coefficient (Wildman–Crippen LogP) is 7.60. The first kappa shape index (κ1) is 36.2. The molecule has 0 atom stereocenters. The Bertz CT molecular complexity index is 477. The molecule has 2 aliphatic rings. The predicted molar refractivity (Wildman–Crippen MR) is 120 cm³/mol. The monoisotopic (exact) mass is 640 g/mol. The van der Waals surface area contributed by atoms with Crippen LogP contribution in [-0.2, 0) is 21.7 Å². The van der Waals surface area contributed by atoms with Crippen molar-refractivity contribution in [2.75, 3.05) is 0 Å². The molecule has 0 bridgehead atoms. The van der Waals surface area contributed by atoms with Gasteiger partial charge in [0.1, 0.15) is 0 Å². The third kappa shape index (κ3) is 9.80. The fourth-order valence-corrected chi connectivity index (χ4v) is 3.56. The normalized spacial score (nSPS) is 23.0. The molecule has 184 valence electrons. The SMILES string of the molecule is C[C]1[C](C)[C](C)[C](C)[C]1C.C[C]1[C](C)[C](C)[C](C)[C]1C.FC(F)(F)/C([Se])=C(/[Se])C(F)(F)F.[Ti]. The van der Waals surface area contributed by atoms with E-state index in [0.29, 0.717) is 0 Å². The first-order chi connectivity index (χ1) is 14.2. The zero-order chi connectivity index (χ0) is 25.9. The maximum absolute atomic E-state index is 11.6. The van der Waals surface area contributed by atoms with Crippen LogP contribution in [-0.4, -0.2) is 44.4 Å². The van der Waals surface area contributed by atoms with Gasteiger partial charge in [-0.1, -0.05) is 69.2 Å². The van der Waals surface area contributed by atoms with E-state index in [1.165, 1.54) is 91.2 Å². The Hall–Kier alpha value is 1.07. The molecular weight excluding hydrogens is 608 g/mol. The van der Waals surface area contributed by atoms with Crippen LogP contribution < -0.4 is 0 Å². The Morgan fingerprint density at radius 2 is 0.485 bits per heavy atom. The summed E-state index contributed by atoms with van der Waals surface area (Å²) in [7, 11) is 0. The molecule has 0 N–H and O–H groups in total. The molecular formula is C24H30F6Se2Ti. The summed E-state index contributed by atoms with van der Waals surface area (Å²) in [6, 6.07) is 0. The van der Waals surface area contributed by atoms with Gasteiger partial charge < -0.3 is 0 Å². The third-order valence-corrected chi connectivity index (χ3v) is 8.83. The fourth-order valence-electron chi connectivity index (χ4n) is 3.07. The van der Waals surface area contributed by atoms with Gasteiger partial charge in [0.25, 0.3) is 0 Å². The Morgan fingerprint density at radius 1 is 0.394 bits per heavy atom. The molecule has 0 heterocycles. The van der Waals surface area contributed by atoms with Gasteiger partial charge in [-0.2, -0.15) is 0 Å². The number of hydrogen-bond donors (Lipinski definition) is 0. The van der Waals surface area contributed by atoms with Gasteiger partial charge in [0, 0.05) is 21.7 Å². The molecule has 33 heavy (non-hydrogen) atoms. The van der Waals surface area contributed by atoms with Gasteiger partial charge in [-0.25, -0.2) is 0 Å². The molecule has 0 aromatic rings. The molecule has 2 aliphatic carbocycles. The number of allylic oxidation sites excluding steroid dienone is 2. The van der Waals surface area contributed by atoms with E-state index < -0.39 is 21.3 Å². The number of halogens is 6. The quantitative estimate of drug-likeness (QED) is 0.190. The topological polar surface area (TPSA) is 0 Å². The fraction of sp³-hybridized carbons (Fsp3) is 0.500. The summed E-state index contributed by atoms with van der Waals surface area (Å²) in [4.78, 5) is 0. The van der Waals surface area contributed by atoms with E-state index in [4.69, 9.17) is 0 Å². The molecule has 2 rings (SSSR count). The van der Waals surface area contributed by atoms with Crippen LogP contribution in [0.2, 0.25) is 0 Å². The van der Waals surface area contributed by atoms with E-state index in [1.54, 1.807) is 0 Å². The van der Waals surface area contributed by atoms with Gasteiger partial charge in [0.15, 0.2) is 0 Å². The Morgan fingerprint density at radius 3 is 0.545 bits per heavy atom. The zero-order valence-electron chi connectivity index (χ0n) is 20.6. The van der Waals surface area contributed by atoms with E-state index >= 15 is 0 Å². The molecule has 0 amide bonds. The average molecular weight is 638 g/mol. The van der Waals surface area contributed by atoms with Crippen LogP contribution in [0.3, 0.4) is 0 Å². The second-order valence-electron chi connectivity index (χ2n) is 7.90. The van der Waals surface area contributed by atoms with Crippen molar-refractivity contribution in [3.05, 3.63) is 68.1 Å². The third-order valence-electron chi connectivity index (χ3n) is 6.35. The van der Waals surface area contributed by atoms with Crippen molar-refractivity contribution in [1.82, 2.24) is 0 Å². The van der Waals surface area contributed by atoms with Crippen molar-refractivity contribution in [1.29, 1.82) is 0 Å². The van der Waals surface area contributed by atoms with Crippen molar-refractivity contribution < 1.29 is 48.1 Å². The largest absolute Gasteiger partial charge is 0 e. The minimum absolute atomic E-state index is 0. The van der Waals surface area contributed by atoms with E-state index in [2.05, 4.69) is 69.2 Å². The van der Waals surface area contributed by atoms with Gasteiger partial charge in [-0.3, -0.25) is 0 Å². The molecule has 12 radical (unpaired) electrons. The van der Waals surface area contributed by atoms with Crippen LogP contribution in [0.1, 0.15) is 69.2 Å². The van der Waals surface area contributed by atoms with E-state index in [9.17, 15) is 26.3 Å². The molecule has 2 fully saturated rings. The van der Waals surface area contributed by atoms with Crippen LogP contribution in [0.15, 0.2) is 8.94 Å². The maximum Gasteiger partial charge on any atom is 0 e. The minimum atomic E-state index is -4.99. The van der Waals surface area contributed by atoms with Gasteiger partial charge in [0.05, 0.1) is 0 Å². The van der Waals surface area contributed by atoms with Crippen molar-refractivity contribution in [2.45, 2.75) is 81.6 Å². The number of rotatable bonds is 0. The van der Waals surface area contributed by atoms with Crippen LogP contribution >= 0.6 is 0 Å². The Balaban J connectivity index is 0. The summed E-state index contributed by atoms with van der Waals surface area (Å²) in [6.07, 6.45) is -9.98. The van der Waals surface area contributed by atoms with E-state index in [-0.39, 0.29) is 21.7 Å². The molecule has 0 aliphatic heterocycles. The van der Waals surface area contributed by atoms with Crippen molar-refractivity contribution in [3.8, 4) is 0 Å². The summed E-state index contributed by atoms with van der Waals surface area (Å²) in [5.41, 5.74) is 0. The van der Waals surface area contributed by atoms with E-state index in [0.717, 1.165) is 0 Å². The molecule has 0 aromatic heterocycles. The maximum atomic E-state index is 11.6. The smallest absolute Gasteiger partial charge is 0 e. The summed E-state index contributed by atoms with van der Waals surface area (Å²) in [6.45, 7) is 22.0.